The molecule has 1 aliphatic carbocycles. The van der Waals surface area contributed by atoms with Crippen molar-refractivity contribution in [3.63, 3.8) is 0 Å². The maximum atomic E-state index is 12.4. The Bertz CT molecular complexity index is 835. The largest absolute Gasteiger partial charge is 0.449 e. The van der Waals surface area contributed by atoms with Crippen LogP contribution in [0.15, 0.2) is 29.2 Å². The number of nitrogens with one attached hydrogen (secondary N) is 1. The molecule has 1 N–H and O–H groups in total. The minimum atomic E-state index is -3.62. The van der Waals surface area contributed by atoms with Crippen LogP contribution in [0, 0.1) is 11.3 Å². The highest BCUT2D eigenvalue weighted by Crippen LogP contribution is 2.27. The SMILES string of the molecule is C[C@@H](OC(=O)c1ccccc1S(C)(=O)=O)C(=O)NC1(C#N)CCCCC1. The first kappa shape index (κ1) is 19.9. The number of hydrogen-bond donors (Lipinski definition) is 1. The van der Waals surface area contributed by atoms with Crippen molar-refractivity contribution >= 4 is 21.7 Å². The van der Waals surface area contributed by atoms with Crippen LogP contribution in [0.3, 0.4) is 0 Å². The molecule has 0 aliphatic heterocycles. The van der Waals surface area contributed by atoms with E-state index in [4.69, 9.17) is 4.74 Å². The summed E-state index contributed by atoms with van der Waals surface area (Å²) < 4.78 is 28.7. The van der Waals surface area contributed by atoms with E-state index in [1.165, 1.54) is 31.2 Å². The summed E-state index contributed by atoms with van der Waals surface area (Å²) in [5.74, 6) is -1.47. The van der Waals surface area contributed by atoms with E-state index in [9.17, 15) is 23.3 Å². The van der Waals surface area contributed by atoms with Gasteiger partial charge in [0, 0.05) is 6.26 Å². The Labute approximate surface area is 153 Å². The highest BCUT2D eigenvalue weighted by molar-refractivity contribution is 7.90. The Morgan fingerprint density at radius 2 is 1.85 bits per heavy atom. The third kappa shape index (κ3) is 4.61. The lowest BCUT2D eigenvalue weighted by molar-refractivity contribution is -0.130. The number of nitrogens with zero attached hydrogens (tertiary/aromatic N) is 1. The van der Waals surface area contributed by atoms with Crippen LogP contribution in [0.25, 0.3) is 0 Å². The second kappa shape index (κ2) is 7.87. The van der Waals surface area contributed by atoms with Gasteiger partial charge in [-0.05, 0) is 31.9 Å². The molecule has 1 atom stereocenters. The van der Waals surface area contributed by atoms with Crippen LogP contribution < -0.4 is 5.32 Å². The number of esters is 1. The number of nitriles is 1. The molecule has 26 heavy (non-hydrogen) atoms. The summed E-state index contributed by atoms with van der Waals surface area (Å²) in [7, 11) is -3.62. The summed E-state index contributed by atoms with van der Waals surface area (Å²) in [6.45, 7) is 1.39. The Hall–Kier alpha value is -2.40. The van der Waals surface area contributed by atoms with E-state index in [1.807, 2.05) is 0 Å². The number of hydrogen-bond acceptors (Lipinski definition) is 6. The normalized spacial score (nSPS) is 17.6. The summed E-state index contributed by atoms with van der Waals surface area (Å²) in [4.78, 5) is 24.5. The molecule has 8 heteroatoms. The van der Waals surface area contributed by atoms with Gasteiger partial charge < -0.3 is 10.1 Å². The first-order valence-electron chi connectivity index (χ1n) is 8.42. The number of carbonyl (C=O) groups is 2. The first-order valence-corrected chi connectivity index (χ1v) is 10.3. The molecule has 1 fully saturated rings. The van der Waals surface area contributed by atoms with Gasteiger partial charge in [0.1, 0.15) is 5.54 Å². The van der Waals surface area contributed by atoms with Crippen LogP contribution in [0.4, 0.5) is 0 Å². The molecule has 0 heterocycles. The van der Waals surface area contributed by atoms with Gasteiger partial charge in [0.2, 0.25) is 0 Å². The molecule has 1 aromatic rings. The fourth-order valence-electron chi connectivity index (χ4n) is 2.99. The van der Waals surface area contributed by atoms with E-state index < -0.39 is 33.4 Å². The van der Waals surface area contributed by atoms with Gasteiger partial charge in [-0.2, -0.15) is 5.26 Å². The second-order valence-corrected chi connectivity index (χ2v) is 8.54. The summed E-state index contributed by atoms with van der Waals surface area (Å²) in [5, 5.41) is 12.1. The minimum Gasteiger partial charge on any atom is -0.449 e. The van der Waals surface area contributed by atoms with Gasteiger partial charge in [0.25, 0.3) is 5.91 Å². The van der Waals surface area contributed by atoms with Gasteiger partial charge in [-0.1, -0.05) is 31.4 Å². The van der Waals surface area contributed by atoms with Crippen molar-refractivity contribution in [3.05, 3.63) is 29.8 Å². The summed E-state index contributed by atoms with van der Waals surface area (Å²) in [5.41, 5.74) is -1.05. The fraction of sp³-hybridized carbons (Fsp3) is 0.500. The molecule has 0 radical (unpaired) electrons. The lowest BCUT2D eigenvalue weighted by Gasteiger charge is -2.32. The molecule has 1 amide bonds. The predicted molar refractivity (Wildman–Crippen MR) is 94.0 cm³/mol. The number of carbonyl (C=O) groups excluding carboxylic acids is 2. The molecule has 1 aliphatic rings. The van der Waals surface area contributed by atoms with E-state index >= 15 is 0 Å². The summed E-state index contributed by atoms with van der Waals surface area (Å²) in [6.07, 6.45) is 3.69. The highest BCUT2D eigenvalue weighted by Gasteiger charge is 2.35. The zero-order valence-corrected chi connectivity index (χ0v) is 15.6. The molecule has 1 saturated carbocycles. The van der Waals surface area contributed by atoms with Crippen LogP contribution in [0.2, 0.25) is 0 Å². The molecule has 7 nitrogen and oxygen atoms in total. The summed E-state index contributed by atoms with van der Waals surface area (Å²) >= 11 is 0. The molecular weight excluding hydrogens is 356 g/mol. The van der Waals surface area contributed by atoms with Crippen molar-refractivity contribution in [1.29, 1.82) is 5.26 Å². The maximum absolute atomic E-state index is 12.4. The van der Waals surface area contributed by atoms with Crippen LogP contribution in [0.5, 0.6) is 0 Å². The average Bonchev–Trinajstić information content (AvgIpc) is 2.61. The van der Waals surface area contributed by atoms with Gasteiger partial charge >= 0.3 is 5.97 Å². The van der Waals surface area contributed by atoms with Crippen molar-refractivity contribution in [1.82, 2.24) is 5.32 Å². The molecule has 1 aromatic carbocycles. The molecule has 0 aromatic heterocycles. The Morgan fingerprint density at radius 3 is 2.42 bits per heavy atom. The van der Waals surface area contributed by atoms with Gasteiger partial charge in [-0.3, -0.25) is 4.79 Å². The molecule has 0 saturated heterocycles. The monoisotopic (exact) mass is 378 g/mol. The molecule has 0 unspecified atom stereocenters. The van der Waals surface area contributed by atoms with Crippen LogP contribution in [-0.2, 0) is 19.4 Å². The number of ether oxygens (including phenoxy) is 1. The topological polar surface area (TPSA) is 113 Å². The molecule has 2 rings (SSSR count). The van der Waals surface area contributed by atoms with Gasteiger partial charge in [-0.15, -0.1) is 0 Å². The van der Waals surface area contributed by atoms with E-state index in [1.54, 1.807) is 0 Å². The van der Waals surface area contributed by atoms with Crippen molar-refractivity contribution < 1.29 is 22.7 Å². The van der Waals surface area contributed by atoms with Crippen molar-refractivity contribution in [2.75, 3.05) is 6.26 Å². The quantitative estimate of drug-likeness (QED) is 0.784. The van der Waals surface area contributed by atoms with E-state index in [0.717, 1.165) is 25.5 Å². The standard InChI is InChI=1S/C18H22N2O5S/c1-13(16(21)20-18(12-19)10-6-3-7-11-18)25-17(22)14-8-4-5-9-15(14)26(2,23)24/h4-5,8-9,13H,3,6-7,10-11H2,1-2H3,(H,20,21)/t13-/m1/s1. The van der Waals surface area contributed by atoms with Crippen LogP contribution >= 0.6 is 0 Å². The Morgan fingerprint density at radius 1 is 1.23 bits per heavy atom. The smallest absolute Gasteiger partial charge is 0.340 e. The highest BCUT2D eigenvalue weighted by atomic mass is 32.2. The molecular formula is C18H22N2O5S. The number of amides is 1. The molecule has 0 spiro atoms. The Kier molecular flexibility index (Phi) is 6.03. The second-order valence-electron chi connectivity index (χ2n) is 6.56. The van der Waals surface area contributed by atoms with Crippen molar-refractivity contribution in [3.8, 4) is 6.07 Å². The fourth-order valence-corrected chi connectivity index (χ4v) is 3.87. The van der Waals surface area contributed by atoms with Gasteiger partial charge in [0.05, 0.1) is 16.5 Å². The van der Waals surface area contributed by atoms with Gasteiger partial charge in [0.15, 0.2) is 15.9 Å². The van der Waals surface area contributed by atoms with E-state index in [2.05, 4.69) is 11.4 Å². The van der Waals surface area contributed by atoms with Gasteiger partial charge in [-0.25, -0.2) is 13.2 Å². The van der Waals surface area contributed by atoms with E-state index in [-0.39, 0.29) is 10.5 Å². The third-order valence-corrected chi connectivity index (χ3v) is 5.60. The third-order valence-electron chi connectivity index (χ3n) is 4.44. The number of rotatable bonds is 5. The lowest BCUT2D eigenvalue weighted by atomic mass is 9.83. The maximum Gasteiger partial charge on any atom is 0.340 e. The van der Waals surface area contributed by atoms with E-state index in [0.29, 0.717) is 12.8 Å². The van der Waals surface area contributed by atoms with Crippen molar-refractivity contribution in [2.45, 2.75) is 55.6 Å². The first-order chi connectivity index (χ1) is 12.2. The lowest BCUT2D eigenvalue weighted by Crippen LogP contribution is -2.52. The zero-order chi connectivity index (χ0) is 19.4. The van der Waals surface area contributed by atoms with Crippen LogP contribution in [0.1, 0.15) is 49.4 Å². The predicted octanol–water partition coefficient (Wildman–Crippen LogP) is 1.98. The average molecular weight is 378 g/mol. The number of benzene rings is 1. The Balaban J connectivity index is 2.10. The molecule has 0 bridgehead atoms. The van der Waals surface area contributed by atoms with Crippen LogP contribution in [-0.4, -0.2) is 38.2 Å². The summed E-state index contributed by atoms with van der Waals surface area (Å²) in [6, 6.07) is 7.83. The zero-order valence-electron chi connectivity index (χ0n) is 14.8. The number of sulfone groups is 1. The minimum absolute atomic E-state index is 0.123. The van der Waals surface area contributed by atoms with Crippen molar-refractivity contribution in [2.24, 2.45) is 0 Å². The molecule has 140 valence electrons.